The van der Waals surface area contributed by atoms with Crippen LogP contribution in [0.3, 0.4) is 0 Å². The topological polar surface area (TPSA) is 64.2 Å². The molecule has 0 N–H and O–H groups in total. The van der Waals surface area contributed by atoms with Crippen LogP contribution in [0.15, 0.2) is 48.5 Å². The first kappa shape index (κ1) is 27.7. The quantitative estimate of drug-likeness (QED) is 0.557. The van der Waals surface area contributed by atoms with Gasteiger partial charge in [0.25, 0.3) is 0 Å². The number of rotatable bonds is 5. The van der Waals surface area contributed by atoms with E-state index < -0.39 is 21.8 Å². The van der Waals surface area contributed by atoms with E-state index in [2.05, 4.69) is 0 Å². The third-order valence-corrected chi connectivity index (χ3v) is 8.73. The Kier molecular flexibility index (Phi) is 8.08. The van der Waals surface area contributed by atoms with Gasteiger partial charge in [-0.3, -0.25) is 4.90 Å². The van der Waals surface area contributed by atoms with Gasteiger partial charge in [-0.1, -0.05) is 48.0 Å². The van der Waals surface area contributed by atoms with E-state index in [9.17, 15) is 26.4 Å². The molecule has 7 nitrogen and oxygen atoms in total. The largest absolute Gasteiger partial charge is 0.417 e. The highest BCUT2D eigenvalue weighted by atomic mass is 35.5. The molecule has 2 saturated heterocycles. The smallest absolute Gasteiger partial charge is 0.322 e. The molecule has 2 aliphatic heterocycles. The van der Waals surface area contributed by atoms with Crippen LogP contribution in [0, 0.1) is 0 Å². The number of halogens is 4. The number of carbonyl (C=O) groups excluding carboxylic acids is 1. The highest BCUT2D eigenvalue weighted by Crippen LogP contribution is 2.36. The van der Waals surface area contributed by atoms with E-state index in [4.69, 9.17) is 11.6 Å². The zero-order chi connectivity index (χ0) is 27.0. The standard InChI is InChI=1S/C25H30ClF3N4O3S/c1-30(15-18-8-9-22(26)21(14-18)25(27,28)29)23-17-32(16-20(23)19-6-4-3-5-7-19)24(34)31-10-12-33(13-11-31)37(2,35)36/h3-9,14,20,23H,10-13,15-17H2,1-2H3. The van der Waals surface area contributed by atoms with Gasteiger partial charge in [-0.05, 0) is 30.3 Å². The summed E-state index contributed by atoms with van der Waals surface area (Å²) in [5.41, 5.74) is 0.660. The minimum Gasteiger partial charge on any atom is -0.322 e. The van der Waals surface area contributed by atoms with Crippen LogP contribution in [0.2, 0.25) is 5.02 Å². The number of likely N-dealkylation sites (tertiary alicyclic amines) is 1. The number of amides is 2. The van der Waals surface area contributed by atoms with Crippen LogP contribution in [0.5, 0.6) is 0 Å². The van der Waals surface area contributed by atoms with E-state index in [1.807, 2.05) is 42.3 Å². The van der Waals surface area contributed by atoms with Crippen molar-refractivity contribution in [3.8, 4) is 0 Å². The predicted octanol–water partition coefficient (Wildman–Crippen LogP) is 3.96. The molecular weight excluding hydrogens is 529 g/mol. The summed E-state index contributed by atoms with van der Waals surface area (Å²) in [5.74, 6) is -0.0400. The zero-order valence-electron chi connectivity index (χ0n) is 20.7. The third-order valence-electron chi connectivity index (χ3n) is 7.10. The first-order chi connectivity index (χ1) is 17.3. The molecular formula is C25H30ClF3N4O3S. The van der Waals surface area contributed by atoms with Gasteiger partial charge < -0.3 is 9.80 Å². The number of hydrogen-bond donors (Lipinski definition) is 0. The van der Waals surface area contributed by atoms with Crippen LogP contribution >= 0.6 is 11.6 Å². The SMILES string of the molecule is CN(Cc1ccc(Cl)c(C(F)(F)F)c1)C1CN(C(=O)N2CCN(S(C)(=O)=O)CC2)CC1c1ccccc1. The Labute approximate surface area is 220 Å². The molecule has 0 radical (unpaired) electrons. The Morgan fingerprint density at radius 3 is 2.27 bits per heavy atom. The molecule has 37 heavy (non-hydrogen) atoms. The lowest BCUT2D eigenvalue weighted by atomic mass is 9.93. The molecule has 0 bridgehead atoms. The normalized spacial score (nSPS) is 21.6. The fourth-order valence-electron chi connectivity index (χ4n) is 5.12. The molecule has 2 aromatic rings. The molecule has 2 aromatic carbocycles. The maximum absolute atomic E-state index is 13.4. The van der Waals surface area contributed by atoms with E-state index in [1.54, 1.807) is 15.9 Å². The average molecular weight is 559 g/mol. The number of benzene rings is 2. The molecule has 0 aromatic heterocycles. The number of hydrogen-bond acceptors (Lipinski definition) is 4. The van der Waals surface area contributed by atoms with Gasteiger partial charge in [0.1, 0.15) is 0 Å². The molecule has 0 saturated carbocycles. The third kappa shape index (κ3) is 6.39. The van der Waals surface area contributed by atoms with Crippen molar-refractivity contribution in [2.45, 2.75) is 24.7 Å². The molecule has 202 valence electrons. The Bertz CT molecular complexity index is 1220. The first-order valence-electron chi connectivity index (χ1n) is 11.9. The molecule has 4 rings (SSSR count). The van der Waals surface area contributed by atoms with E-state index in [0.717, 1.165) is 17.9 Å². The summed E-state index contributed by atoms with van der Waals surface area (Å²) in [6.07, 6.45) is -3.38. The number of urea groups is 1. The van der Waals surface area contributed by atoms with Crippen LogP contribution in [-0.4, -0.2) is 92.1 Å². The van der Waals surface area contributed by atoms with Crippen LogP contribution in [0.25, 0.3) is 0 Å². The van der Waals surface area contributed by atoms with E-state index in [-0.39, 0.29) is 42.6 Å². The molecule has 12 heteroatoms. The van der Waals surface area contributed by atoms with E-state index in [0.29, 0.717) is 31.7 Å². The number of sulfonamides is 1. The van der Waals surface area contributed by atoms with Gasteiger partial charge in [0.2, 0.25) is 10.0 Å². The summed E-state index contributed by atoms with van der Waals surface area (Å²) in [6, 6.07) is 13.4. The predicted molar refractivity (Wildman–Crippen MR) is 136 cm³/mol. The Morgan fingerprint density at radius 1 is 1.03 bits per heavy atom. The van der Waals surface area contributed by atoms with Gasteiger partial charge in [-0.2, -0.15) is 17.5 Å². The summed E-state index contributed by atoms with van der Waals surface area (Å²) in [7, 11) is -1.46. The lowest BCUT2D eigenvalue weighted by Gasteiger charge is -2.35. The molecule has 2 amide bonds. The van der Waals surface area contributed by atoms with Gasteiger partial charge in [0.05, 0.1) is 16.8 Å². The summed E-state index contributed by atoms with van der Waals surface area (Å²) >= 11 is 5.79. The van der Waals surface area contributed by atoms with Gasteiger partial charge in [0, 0.05) is 57.8 Å². The summed E-state index contributed by atoms with van der Waals surface area (Å²) in [6.45, 7) is 2.24. The molecule has 2 atom stereocenters. The Balaban J connectivity index is 1.51. The second kappa shape index (κ2) is 10.8. The number of piperazine rings is 1. The van der Waals surface area contributed by atoms with Gasteiger partial charge >= 0.3 is 12.2 Å². The van der Waals surface area contributed by atoms with E-state index >= 15 is 0 Å². The molecule has 0 aliphatic carbocycles. The monoisotopic (exact) mass is 558 g/mol. The number of nitrogens with zero attached hydrogens (tertiary/aromatic N) is 4. The molecule has 2 heterocycles. The summed E-state index contributed by atoms with van der Waals surface area (Å²) < 4.78 is 65.1. The number of carbonyl (C=O) groups is 1. The van der Waals surface area contributed by atoms with Crippen LogP contribution in [0.4, 0.5) is 18.0 Å². The second-order valence-corrected chi connectivity index (χ2v) is 12.0. The van der Waals surface area contributed by atoms with Crippen molar-refractivity contribution in [3.05, 3.63) is 70.2 Å². The summed E-state index contributed by atoms with van der Waals surface area (Å²) in [5, 5.41) is -0.338. The first-order valence-corrected chi connectivity index (χ1v) is 14.2. The maximum atomic E-state index is 13.4. The average Bonchev–Trinajstić information content (AvgIpc) is 3.30. The molecule has 0 spiro atoms. The summed E-state index contributed by atoms with van der Waals surface area (Å²) in [4.78, 5) is 18.8. The molecule has 2 fully saturated rings. The minimum absolute atomic E-state index is 0.0400. The highest BCUT2D eigenvalue weighted by Gasteiger charge is 2.41. The Hall–Kier alpha value is -2.34. The van der Waals surface area contributed by atoms with Crippen molar-refractivity contribution >= 4 is 27.7 Å². The van der Waals surface area contributed by atoms with Gasteiger partial charge in [-0.25, -0.2) is 13.2 Å². The minimum atomic E-state index is -4.55. The molecule has 2 aliphatic rings. The number of likely N-dealkylation sites (N-methyl/N-ethyl adjacent to an activating group) is 1. The zero-order valence-corrected chi connectivity index (χ0v) is 22.2. The van der Waals surface area contributed by atoms with Crippen LogP contribution in [0.1, 0.15) is 22.6 Å². The van der Waals surface area contributed by atoms with Crippen molar-refractivity contribution in [2.24, 2.45) is 0 Å². The second-order valence-electron chi connectivity index (χ2n) is 9.65. The van der Waals surface area contributed by atoms with Gasteiger partial charge in [-0.15, -0.1) is 0 Å². The van der Waals surface area contributed by atoms with Crippen LogP contribution in [-0.2, 0) is 22.7 Å². The van der Waals surface area contributed by atoms with Crippen molar-refractivity contribution in [1.29, 1.82) is 0 Å². The van der Waals surface area contributed by atoms with Crippen molar-refractivity contribution in [3.63, 3.8) is 0 Å². The lowest BCUT2D eigenvalue weighted by Crippen LogP contribution is -2.53. The molecule has 2 unspecified atom stereocenters. The highest BCUT2D eigenvalue weighted by molar-refractivity contribution is 7.88. The van der Waals surface area contributed by atoms with Crippen LogP contribution < -0.4 is 0 Å². The fourth-order valence-corrected chi connectivity index (χ4v) is 6.17. The van der Waals surface area contributed by atoms with Gasteiger partial charge in [0.15, 0.2) is 0 Å². The van der Waals surface area contributed by atoms with Crippen molar-refractivity contribution in [1.82, 2.24) is 19.0 Å². The van der Waals surface area contributed by atoms with Crippen molar-refractivity contribution in [2.75, 3.05) is 52.6 Å². The lowest BCUT2D eigenvalue weighted by molar-refractivity contribution is -0.137. The Morgan fingerprint density at radius 2 is 1.68 bits per heavy atom. The fraction of sp³-hybridized carbons (Fsp3) is 0.480. The van der Waals surface area contributed by atoms with Crippen molar-refractivity contribution < 1.29 is 26.4 Å². The number of alkyl halides is 3. The van der Waals surface area contributed by atoms with E-state index in [1.165, 1.54) is 10.4 Å². The maximum Gasteiger partial charge on any atom is 0.417 e.